The lowest BCUT2D eigenvalue weighted by Gasteiger charge is -2.11. The highest BCUT2D eigenvalue weighted by atomic mass is 19.4. The summed E-state index contributed by atoms with van der Waals surface area (Å²) in [5.41, 5.74) is 0. The number of ether oxygens (including phenoxy) is 1. The van der Waals surface area contributed by atoms with E-state index in [4.69, 9.17) is 0 Å². The Balaban J connectivity index is 3.87. The van der Waals surface area contributed by atoms with E-state index in [-0.39, 0.29) is 0 Å². The van der Waals surface area contributed by atoms with Crippen molar-refractivity contribution in [3.8, 4) is 0 Å². The SMILES string of the molecule is CCCCCCCC(C)C(=O)OC(=O)C(F)(F)F. The van der Waals surface area contributed by atoms with E-state index < -0.39 is 24.0 Å². The van der Waals surface area contributed by atoms with E-state index in [0.717, 1.165) is 32.1 Å². The van der Waals surface area contributed by atoms with E-state index in [1.807, 2.05) is 0 Å². The first-order valence-electron chi connectivity index (χ1n) is 6.11. The third kappa shape index (κ3) is 7.29. The van der Waals surface area contributed by atoms with Gasteiger partial charge in [0, 0.05) is 0 Å². The van der Waals surface area contributed by atoms with E-state index in [0.29, 0.717) is 6.42 Å². The van der Waals surface area contributed by atoms with E-state index in [2.05, 4.69) is 11.7 Å². The van der Waals surface area contributed by atoms with Crippen LogP contribution in [-0.2, 0) is 14.3 Å². The predicted molar refractivity (Wildman–Crippen MR) is 59.7 cm³/mol. The van der Waals surface area contributed by atoms with Crippen molar-refractivity contribution in [2.24, 2.45) is 5.92 Å². The molecule has 0 aliphatic carbocycles. The van der Waals surface area contributed by atoms with Crippen molar-refractivity contribution in [3.05, 3.63) is 0 Å². The number of carbonyl (C=O) groups is 2. The number of hydrogen-bond acceptors (Lipinski definition) is 3. The largest absolute Gasteiger partial charge is 0.491 e. The molecule has 0 aliphatic rings. The molecule has 0 fully saturated rings. The minimum Gasteiger partial charge on any atom is -0.386 e. The average molecular weight is 268 g/mol. The minimum absolute atomic E-state index is 0.438. The van der Waals surface area contributed by atoms with Gasteiger partial charge in [0.05, 0.1) is 5.92 Å². The molecule has 1 unspecified atom stereocenters. The van der Waals surface area contributed by atoms with Crippen molar-refractivity contribution in [1.82, 2.24) is 0 Å². The molecule has 0 N–H and O–H groups in total. The first kappa shape index (κ1) is 16.9. The van der Waals surface area contributed by atoms with Gasteiger partial charge in [0.2, 0.25) is 0 Å². The molecule has 106 valence electrons. The third-order valence-electron chi connectivity index (χ3n) is 2.57. The van der Waals surface area contributed by atoms with Gasteiger partial charge in [0.25, 0.3) is 0 Å². The lowest BCUT2D eigenvalue weighted by atomic mass is 10.0. The summed E-state index contributed by atoms with van der Waals surface area (Å²) in [7, 11) is 0. The van der Waals surface area contributed by atoms with Crippen LogP contribution in [0.1, 0.15) is 52.4 Å². The van der Waals surface area contributed by atoms with Crippen LogP contribution in [-0.4, -0.2) is 18.1 Å². The summed E-state index contributed by atoms with van der Waals surface area (Å²) in [4.78, 5) is 21.6. The maximum Gasteiger partial charge on any atom is 0.491 e. The van der Waals surface area contributed by atoms with Crippen LogP contribution in [0.2, 0.25) is 0 Å². The Hall–Kier alpha value is -1.07. The summed E-state index contributed by atoms with van der Waals surface area (Å²) in [5.74, 6) is -4.23. The Morgan fingerprint density at radius 3 is 2.17 bits per heavy atom. The number of rotatable bonds is 7. The molecule has 0 radical (unpaired) electrons. The van der Waals surface area contributed by atoms with Crippen molar-refractivity contribution >= 4 is 11.9 Å². The maximum atomic E-state index is 11.8. The van der Waals surface area contributed by atoms with Crippen molar-refractivity contribution in [2.45, 2.75) is 58.5 Å². The van der Waals surface area contributed by atoms with E-state index in [9.17, 15) is 22.8 Å². The summed E-state index contributed by atoms with van der Waals surface area (Å²) in [5, 5.41) is 0. The molecular formula is C12H19F3O3. The fourth-order valence-electron chi connectivity index (χ4n) is 1.42. The molecule has 0 aromatic carbocycles. The van der Waals surface area contributed by atoms with E-state index >= 15 is 0 Å². The van der Waals surface area contributed by atoms with Crippen LogP contribution in [0.25, 0.3) is 0 Å². The number of unbranched alkanes of at least 4 members (excludes halogenated alkanes) is 4. The fraction of sp³-hybridized carbons (Fsp3) is 0.833. The summed E-state index contributed by atoms with van der Waals surface area (Å²) in [6, 6.07) is 0. The van der Waals surface area contributed by atoms with Gasteiger partial charge in [0.15, 0.2) is 0 Å². The molecule has 0 rings (SSSR count). The second-order valence-corrected chi connectivity index (χ2v) is 4.31. The number of carbonyl (C=O) groups excluding carboxylic acids is 2. The van der Waals surface area contributed by atoms with Crippen molar-refractivity contribution in [3.63, 3.8) is 0 Å². The van der Waals surface area contributed by atoms with Crippen molar-refractivity contribution in [2.75, 3.05) is 0 Å². The molecular weight excluding hydrogens is 249 g/mol. The summed E-state index contributed by atoms with van der Waals surface area (Å²) >= 11 is 0. The van der Waals surface area contributed by atoms with Gasteiger partial charge < -0.3 is 4.74 Å². The topological polar surface area (TPSA) is 43.4 Å². The zero-order chi connectivity index (χ0) is 14.2. The molecule has 6 heteroatoms. The Morgan fingerprint density at radius 2 is 1.67 bits per heavy atom. The van der Waals surface area contributed by atoms with Crippen LogP contribution >= 0.6 is 0 Å². The van der Waals surface area contributed by atoms with Gasteiger partial charge in [0.1, 0.15) is 0 Å². The summed E-state index contributed by atoms with van der Waals surface area (Å²) < 4.78 is 39.3. The molecule has 1 atom stereocenters. The minimum atomic E-state index is -5.11. The normalized spacial score (nSPS) is 13.2. The van der Waals surface area contributed by atoms with Crippen LogP contribution in [0, 0.1) is 5.92 Å². The lowest BCUT2D eigenvalue weighted by molar-refractivity contribution is -0.203. The average Bonchev–Trinajstić information content (AvgIpc) is 2.27. The maximum absolute atomic E-state index is 11.8. The zero-order valence-electron chi connectivity index (χ0n) is 10.7. The van der Waals surface area contributed by atoms with Gasteiger partial charge in [-0.3, -0.25) is 4.79 Å². The fourth-order valence-corrected chi connectivity index (χ4v) is 1.42. The molecule has 0 amide bonds. The Bertz CT molecular complexity index is 274. The lowest BCUT2D eigenvalue weighted by Crippen LogP contribution is -2.30. The molecule has 0 spiro atoms. The molecule has 0 heterocycles. The molecule has 18 heavy (non-hydrogen) atoms. The van der Waals surface area contributed by atoms with Crippen LogP contribution in [0.15, 0.2) is 0 Å². The Kier molecular flexibility index (Phi) is 7.62. The predicted octanol–water partition coefficient (Wildman–Crippen LogP) is 3.62. The molecule has 0 aromatic heterocycles. The monoisotopic (exact) mass is 268 g/mol. The molecule has 0 saturated carbocycles. The van der Waals surface area contributed by atoms with Crippen LogP contribution < -0.4 is 0 Å². The number of hydrogen-bond donors (Lipinski definition) is 0. The summed E-state index contributed by atoms with van der Waals surface area (Å²) in [6.07, 6.45) is 0.238. The van der Waals surface area contributed by atoms with Gasteiger partial charge in [-0.15, -0.1) is 0 Å². The first-order chi connectivity index (χ1) is 8.29. The molecule has 0 saturated heterocycles. The number of alkyl halides is 3. The second kappa shape index (κ2) is 8.11. The number of esters is 2. The Labute approximate surface area is 105 Å². The zero-order valence-corrected chi connectivity index (χ0v) is 10.7. The molecule has 0 bridgehead atoms. The molecule has 0 aromatic rings. The van der Waals surface area contributed by atoms with Gasteiger partial charge in [-0.2, -0.15) is 13.2 Å². The van der Waals surface area contributed by atoms with Crippen molar-refractivity contribution < 1.29 is 27.5 Å². The highest BCUT2D eigenvalue weighted by Gasteiger charge is 2.42. The number of halogens is 3. The van der Waals surface area contributed by atoms with E-state index in [1.54, 1.807) is 0 Å². The first-order valence-corrected chi connectivity index (χ1v) is 6.11. The van der Waals surface area contributed by atoms with Gasteiger partial charge in [-0.05, 0) is 6.42 Å². The third-order valence-corrected chi connectivity index (χ3v) is 2.57. The summed E-state index contributed by atoms with van der Waals surface area (Å²) in [6.45, 7) is 3.54. The highest BCUT2D eigenvalue weighted by molar-refractivity contribution is 5.89. The smallest absolute Gasteiger partial charge is 0.386 e. The Morgan fingerprint density at radius 1 is 1.11 bits per heavy atom. The van der Waals surface area contributed by atoms with Gasteiger partial charge in [-0.1, -0.05) is 46.0 Å². The standard InChI is InChI=1S/C12H19F3O3/c1-3-4-5-6-7-8-9(2)10(16)18-11(17)12(13,14)15/h9H,3-8H2,1-2H3. The molecule has 3 nitrogen and oxygen atoms in total. The van der Waals surface area contributed by atoms with Crippen LogP contribution in [0.5, 0.6) is 0 Å². The molecule has 0 aliphatic heterocycles. The second-order valence-electron chi connectivity index (χ2n) is 4.31. The quantitative estimate of drug-likeness (QED) is 0.402. The van der Waals surface area contributed by atoms with Crippen LogP contribution in [0.3, 0.4) is 0 Å². The van der Waals surface area contributed by atoms with Crippen LogP contribution in [0.4, 0.5) is 13.2 Å². The van der Waals surface area contributed by atoms with Crippen molar-refractivity contribution in [1.29, 1.82) is 0 Å². The van der Waals surface area contributed by atoms with Gasteiger partial charge >= 0.3 is 18.1 Å². The highest BCUT2D eigenvalue weighted by Crippen LogP contribution is 2.19. The van der Waals surface area contributed by atoms with Gasteiger partial charge in [-0.25, -0.2) is 4.79 Å². The van der Waals surface area contributed by atoms with E-state index in [1.165, 1.54) is 6.92 Å².